The van der Waals surface area contributed by atoms with Gasteiger partial charge in [-0.05, 0) is 31.2 Å². The topological polar surface area (TPSA) is 59.8 Å². The molecule has 1 aromatic carbocycles. The summed E-state index contributed by atoms with van der Waals surface area (Å²) in [7, 11) is 0. The molecule has 25 heavy (non-hydrogen) atoms. The standard InChI is InChI=1S/C16H12ClF3N4O/c1-9(14(25)23-13-7-6-10(17)8-21-13)24-12-5-3-2-4-11(12)22-15(24)16(18,19)20/h2-9H,1H3,(H,21,23,25). The van der Waals surface area contributed by atoms with Crippen LogP contribution in [-0.2, 0) is 11.0 Å². The van der Waals surface area contributed by atoms with Crippen molar-refractivity contribution in [3.8, 4) is 0 Å². The third-order valence-electron chi connectivity index (χ3n) is 3.59. The zero-order chi connectivity index (χ0) is 18.2. The van der Waals surface area contributed by atoms with Crippen molar-refractivity contribution >= 4 is 34.4 Å². The van der Waals surface area contributed by atoms with Gasteiger partial charge in [0.15, 0.2) is 0 Å². The summed E-state index contributed by atoms with van der Waals surface area (Å²) in [6.07, 6.45) is -3.36. The molecule has 1 amide bonds. The van der Waals surface area contributed by atoms with E-state index in [2.05, 4.69) is 15.3 Å². The van der Waals surface area contributed by atoms with E-state index in [4.69, 9.17) is 11.6 Å². The second-order valence-electron chi connectivity index (χ2n) is 5.32. The first-order valence-electron chi connectivity index (χ1n) is 7.24. The van der Waals surface area contributed by atoms with Gasteiger partial charge in [-0.1, -0.05) is 23.7 Å². The number of nitrogens with one attached hydrogen (secondary N) is 1. The highest BCUT2D eigenvalue weighted by atomic mass is 35.5. The Morgan fingerprint density at radius 3 is 2.60 bits per heavy atom. The number of fused-ring (bicyclic) bond motifs is 1. The molecule has 1 unspecified atom stereocenters. The third kappa shape index (κ3) is 3.43. The van der Waals surface area contributed by atoms with E-state index in [-0.39, 0.29) is 16.9 Å². The van der Waals surface area contributed by atoms with Gasteiger partial charge in [-0.25, -0.2) is 9.97 Å². The minimum Gasteiger partial charge on any atom is -0.309 e. The van der Waals surface area contributed by atoms with Crippen LogP contribution in [0.1, 0.15) is 18.8 Å². The van der Waals surface area contributed by atoms with Crippen LogP contribution in [-0.4, -0.2) is 20.4 Å². The van der Waals surface area contributed by atoms with Crippen LogP contribution in [0.25, 0.3) is 11.0 Å². The van der Waals surface area contributed by atoms with Gasteiger partial charge >= 0.3 is 6.18 Å². The molecular formula is C16H12ClF3N4O. The van der Waals surface area contributed by atoms with Crippen LogP contribution in [0, 0.1) is 0 Å². The maximum absolute atomic E-state index is 13.3. The van der Waals surface area contributed by atoms with Crippen molar-refractivity contribution in [1.82, 2.24) is 14.5 Å². The normalized spacial score (nSPS) is 13.0. The molecule has 0 bridgehead atoms. The fourth-order valence-electron chi connectivity index (χ4n) is 2.43. The van der Waals surface area contributed by atoms with E-state index in [1.54, 1.807) is 12.1 Å². The number of hydrogen-bond donors (Lipinski definition) is 1. The van der Waals surface area contributed by atoms with Crippen molar-refractivity contribution in [2.24, 2.45) is 0 Å². The van der Waals surface area contributed by atoms with E-state index < -0.39 is 23.9 Å². The number of benzene rings is 1. The summed E-state index contributed by atoms with van der Waals surface area (Å²) in [5.41, 5.74) is 0.389. The Kier molecular flexibility index (Phi) is 4.38. The SMILES string of the molecule is CC(C(=O)Nc1ccc(Cl)cn1)n1c(C(F)(F)F)nc2ccccc21. The summed E-state index contributed by atoms with van der Waals surface area (Å²) < 4.78 is 40.9. The van der Waals surface area contributed by atoms with E-state index in [9.17, 15) is 18.0 Å². The molecule has 3 aromatic rings. The number of carbonyl (C=O) groups is 1. The van der Waals surface area contributed by atoms with Crippen molar-refractivity contribution in [3.63, 3.8) is 0 Å². The lowest BCUT2D eigenvalue weighted by atomic mass is 10.2. The average molecular weight is 369 g/mol. The highest BCUT2D eigenvalue weighted by Crippen LogP contribution is 2.34. The van der Waals surface area contributed by atoms with E-state index in [0.29, 0.717) is 5.02 Å². The second-order valence-corrected chi connectivity index (χ2v) is 5.76. The minimum atomic E-state index is -4.69. The van der Waals surface area contributed by atoms with Gasteiger partial charge in [-0.3, -0.25) is 4.79 Å². The molecule has 2 aromatic heterocycles. The quantitative estimate of drug-likeness (QED) is 0.749. The van der Waals surface area contributed by atoms with Crippen LogP contribution in [0.3, 0.4) is 0 Å². The van der Waals surface area contributed by atoms with E-state index in [1.807, 2.05) is 0 Å². The maximum atomic E-state index is 13.3. The number of imidazole rings is 1. The third-order valence-corrected chi connectivity index (χ3v) is 3.82. The van der Waals surface area contributed by atoms with Crippen LogP contribution >= 0.6 is 11.6 Å². The van der Waals surface area contributed by atoms with E-state index in [0.717, 1.165) is 4.57 Å². The van der Waals surface area contributed by atoms with Crippen LogP contribution in [0.15, 0.2) is 42.6 Å². The molecule has 9 heteroatoms. The first-order chi connectivity index (χ1) is 11.8. The lowest BCUT2D eigenvalue weighted by Crippen LogP contribution is -2.27. The Hall–Kier alpha value is -2.61. The summed E-state index contributed by atoms with van der Waals surface area (Å²) in [5, 5.41) is 2.86. The summed E-state index contributed by atoms with van der Waals surface area (Å²) in [5.74, 6) is -1.58. The Bertz CT molecular complexity index is 921. The Balaban J connectivity index is 1.99. The van der Waals surface area contributed by atoms with Crippen LogP contribution in [0.5, 0.6) is 0 Å². The molecule has 0 saturated carbocycles. The van der Waals surface area contributed by atoms with Crippen molar-refractivity contribution < 1.29 is 18.0 Å². The van der Waals surface area contributed by atoms with E-state index >= 15 is 0 Å². The molecule has 2 heterocycles. The van der Waals surface area contributed by atoms with Crippen molar-refractivity contribution in [1.29, 1.82) is 0 Å². The van der Waals surface area contributed by atoms with Crippen molar-refractivity contribution in [2.45, 2.75) is 19.1 Å². The number of aromatic nitrogens is 3. The molecule has 0 aliphatic rings. The van der Waals surface area contributed by atoms with Gasteiger partial charge in [0.2, 0.25) is 11.7 Å². The Morgan fingerprint density at radius 1 is 1.24 bits per heavy atom. The number of anilines is 1. The summed E-state index contributed by atoms with van der Waals surface area (Å²) in [6.45, 7) is 1.37. The highest BCUT2D eigenvalue weighted by Gasteiger charge is 2.39. The first-order valence-corrected chi connectivity index (χ1v) is 7.62. The highest BCUT2D eigenvalue weighted by molar-refractivity contribution is 6.30. The number of halogens is 4. The molecular weight excluding hydrogens is 357 g/mol. The van der Waals surface area contributed by atoms with Crippen LogP contribution in [0.4, 0.5) is 19.0 Å². The number of pyridine rings is 1. The molecule has 130 valence electrons. The zero-order valence-electron chi connectivity index (χ0n) is 12.9. The van der Waals surface area contributed by atoms with Crippen molar-refractivity contribution in [3.05, 3.63) is 53.4 Å². The number of para-hydroxylation sites is 2. The molecule has 1 atom stereocenters. The zero-order valence-corrected chi connectivity index (χ0v) is 13.6. The first kappa shape index (κ1) is 17.2. The smallest absolute Gasteiger partial charge is 0.309 e. The summed E-state index contributed by atoms with van der Waals surface area (Å²) >= 11 is 5.72. The fraction of sp³-hybridized carbons (Fsp3) is 0.188. The average Bonchev–Trinajstić information content (AvgIpc) is 2.96. The number of amides is 1. The van der Waals surface area contributed by atoms with Gasteiger partial charge in [0, 0.05) is 6.20 Å². The molecule has 0 aliphatic heterocycles. The van der Waals surface area contributed by atoms with Gasteiger partial charge in [0.1, 0.15) is 11.9 Å². The predicted octanol–water partition coefficient (Wildman–Crippen LogP) is 4.30. The number of rotatable bonds is 3. The monoisotopic (exact) mass is 368 g/mol. The van der Waals surface area contributed by atoms with E-state index in [1.165, 1.54) is 37.4 Å². The lowest BCUT2D eigenvalue weighted by Gasteiger charge is -2.18. The number of nitrogens with zero attached hydrogens (tertiary/aromatic N) is 3. The van der Waals surface area contributed by atoms with Gasteiger partial charge in [-0.2, -0.15) is 13.2 Å². The number of carbonyl (C=O) groups excluding carboxylic acids is 1. The van der Waals surface area contributed by atoms with Crippen molar-refractivity contribution in [2.75, 3.05) is 5.32 Å². The minimum absolute atomic E-state index is 0.166. The van der Waals surface area contributed by atoms with Gasteiger partial charge < -0.3 is 9.88 Å². The molecule has 0 fully saturated rings. The largest absolute Gasteiger partial charge is 0.449 e. The lowest BCUT2D eigenvalue weighted by molar-refractivity contribution is -0.148. The molecule has 0 saturated heterocycles. The molecule has 1 N–H and O–H groups in total. The van der Waals surface area contributed by atoms with Gasteiger partial charge in [0.05, 0.1) is 16.1 Å². The fourth-order valence-corrected chi connectivity index (χ4v) is 2.55. The summed E-state index contributed by atoms with van der Waals surface area (Å²) in [6, 6.07) is 7.95. The maximum Gasteiger partial charge on any atom is 0.449 e. The molecule has 0 spiro atoms. The molecule has 0 radical (unpaired) electrons. The van der Waals surface area contributed by atoms with Crippen LogP contribution < -0.4 is 5.32 Å². The second kappa shape index (κ2) is 6.36. The summed E-state index contributed by atoms with van der Waals surface area (Å²) in [4.78, 5) is 20.0. The number of hydrogen-bond acceptors (Lipinski definition) is 3. The molecule has 0 aliphatic carbocycles. The molecule has 5 nitrogen and oxygen atoms in total. The number of alkyl halides is 3. The Morgan fingerprint density at radius 2 is 1.96 bits per heavy atom. The Labute approximate surface area is 145 Å². The molecule has 3 rings (SSSR count). The predicted molar refractivity (Wildman–Crippen MR) is 87.3 cm³/mol. The van der Waals surface area contributed by atoms with Gasteiger partial charge in [-0.15, -0.1) is 0 Å². The van der Waals surface area contributed by atoms with Crippen LogP contribution in [0.2, 0.25) is 5.02 Å². The van der Waals surface area contributed by atoms with Gasteiger partial charge in [0.25, 0.3) is 0 Å².